The number of hydrogen-bond acceptors (Lipinski definition) is 9. The van der Waals surface area contributed by atoms with E-state index in [2.05, 4.69) is 0 Å². The smallest absolute Gasteiger partial charge is 0.306 e. The Morgan fingerprint density at radius 3 is 1.76 bits per heavy atom. The molecule has 4 atom stereocenters. The van der Waals surface area contributed by atoms with Crippen LogP contribution in [0.5, 0.6) is 0 Å². The molecule has 9 heteroatoms. The quantitative estimate of drug-likeness (QED) is 0.369. The summed E-state index contributed by atoms with van der Waals surface area (Å²) in [5.74, 6) is -2.00. The zero-order valence-electron chi connectivity index (χ0n) is 17.6. The van der Waals surface area contributed by atoms with Crippen LogP contribution in [0.4, 0.5) is 0 Å². The highest BCUT2D eigenvalue weighted by molar-refractivity contribution is 5.71. The molecule has 0 radical (unpaired) electrons. The van der Waals surface area contributed by atoms with Crippen LogP contribution in [0.2, 0.25) is 0 Å². The molecule has 29 heavy (non-hydrogen) atoms. The molecule has 166 valence electrons. The van der Waals surface area contributed by atoms with Gasteiger partial charge in [-0.05, 0) is 19.3 Å². The van der Waals surface area contributed by atoms with E-state index < -0.39 is 48.3 Å². The number of esters is 4. The summed E-state index contributed by atoms with van der Waals surface area (Å²) in [4.78, 5) is 47.5. The zero-order valence-corrected chi connectivity index (χ0v) is 17.6. The molecule has 0 aromatic heterocycles. The van der Waals surface area contributed by atoms with E-state index in [0.29, 0.717) is 19.3 Å². The van der Waals surface area contributed by atoms with Crippen LogP contribution in [0, 0.1) is 0 Å². The maximum Gasteiger partial charge on any atom is 0.306 e. The molecule has 1 saturated heterocycles. The van der Waals surface area contributed by atoms with Crippen molar-refractivity contribution in [1.29, 1.82) is 0 Å². The minimum atomic E-state index is -1.07. The lowest BCUT2D eigenvalue weighted by molar-refractivity contribution is -0.233. The van der Waals surface area contributed by atoms with E-state index >= 15 is 0 Å². The number of hydrogen-bond donors (Lipinski definition) is 0. The van der Waals surface area contributed by atoms with Gasteiger partial charge in [0.05, 0.1) is 6.61 Å². The second-order valence-electron chi connectivity index (χ2n) is 6.86. The van der Waals surface area contributed by atoms with Crippen LogP contribution in [-0.4, -0.2) is 61.5 Å². The molecular formula is C20H32O9. The summed E-state index contributed by atoms with van der Waals surface area (Å²) in [6.45, 7) is 6.47. The van der Waals surface area contributed by atoms with Crippen molar-refractivity contribution in [1.82, 2.24) is 0 Å². The van der Waals surface area contributed by atoms with Gasteiger partial charge in [0.2, 0.25) is 0 Å². The van der Waals surface area contributed by atoms with E-state index in [1.807, 2.05) is 20.8 Å². The average molecular weight is 416 g/mol. The molecule has 1 heterocycles. The topological polar surface area (TPSA) is 114 Å². The van der Waals surface area contributed by atoms with E-state index in [-0.39, 0.29) is 32.5 Å². The summed E-state index contributed by atoms with van der Waals surface area (Å²) in [5.41, 5.74) is 0. The summed E-state index contributed by atoms with van der Waals surface area (Å²) in [5, 5.41) is 0. The van der Waals surface area contributed by atoms with Crippen molar-refractivity contribution < 1.29 is 42.9 Å². The highest BCUT2D eigenvalue weighted by atomic mass is 16.7. The van der Waals surface area contributed by atoms with Crippen molar-refractivity contribution in [3.63, 3.8) is 0 Å². The van der Waals surface area contributed by atoms with Gasteiger partial charge < -0.3 is 23.7 Å². The average Bonchev–Trinajstić information content (AvgIpc) is 2.64. The Labute approximate surface area is 171 Å². The first-order chi connectivity index (χ1) is 13.8. The molecule has 0 amide bonds. The highest BCUT2D eigenvalue weighted by Crippen LogP contribution is 2.26. The molecule has 0 saturated carbocycles. The molecule has 0 aromatic carbocycles. The summed E-state index contributed by atoms with van der Waals surface area (Å²) in [6, 6.07) is 0. The van der Waals surface area contributed by atoms with E-state index in [4.69, 9.17) is 23.7 Å². The lowest BCUT2D eigenvalue weighted by Gasteiger charge is -2.40. The van der Waals surface area contributed by atoms with Crippen LogP contribution in [0.15, 0.2) is 0 Å². The third-order valence-corrected chi connectivity index (χ3v) is 4.16. The summed E-state index contributed by atoms with van der Waals surface area (Å²) in [6.07, 6.45) is -1.64. The molecule has 0 bridgehead atoms. The van der Waals surface area contributed by atoms with Gasteiger partial charge in [-0.1, -0.05) is 20.8 Å². The normalized spacial score (nSPS) is 23.7. The number of carbonyl (C=O) groups excluding carboxylic acids is 4. The van der Waals surface area contributed by atoms with Gasteiger partial charge in [0, 0.05) is 26.2 Å². The number of carbonyl (C=O) groups is 4. The van der Waals surface area contributed by atoms with Crippen molar-refractivity contribution in [3.8, 4) is 0 Å². The lowest BCUT2D eigenvalue weighted by atomic mass is 9.99. The van der Waals surface area contributed by atoms with Crippen molar-refractivity contribution in [2.45, 2.75) is 90.6 Å². The van der Waals surface area contributed by atoms with Gasteiger partial charge in [-0.25, -0.2) is 0 Å². The minimum absolute atomic E-state index is 0.0761. The first-order valence-electron chi connectivity index (χ1n) is 10.2. The van der Waals surface area contributed by atoms with Gasteiger partial charge in [0.25, 0.3) is 0 Å². The Bertz CT molecular complexity index is 560. The zero-order chi connectivity index (χ0) is 21.8. The molecule has 4 unspecified atom stereocenters. The van der Waals surface area contributed by atoms with Crippen LogP contribution in [0.25, 0.3) is 0 Å². The fourth-order valence-corrected chi connectivity index (χ4v) is 2.82. The monoisotopic (exact) mass is 416 g/mol. The Balaban J connectivity index is 3.08. The maximum atomic E-state index is 12.2. The summed E-state index contributed by atoms with van der Waals surface area (Å²) < 4.78 is 27.1. The van der Waals surface area contributed by atoms with Gasteiger partial charge in [-0.15, -0.1) is 0 Å². The van der Waals surface area contributed by atoms with E-state index in [1.54, 1.807) is 0 Å². The molecular weight excluding hydrogens is 384 g/mol. The van der Waals surface area contributed by atoms with E-state index in [9.17, 15) is 19.2 Å². The van der Waals surface area contributed by atoms with Crippen LogP contribution in [-0.2, 0) is 42.9 Å². The minimum Gasteiger partial charge on any atom is -0.463 e. The molecule has 1 rings (SSSR count). The first kappa shape index (κ1) is 24.9. The highest BCUT2D eigenvalue weighted by Gasteiger charge is 2.47. The van der Waals surface area contributed by atoms with E-state index in [0.717, 1.165) is 0 Å². The van der Waals surface area contributed by atoms with Crippen molar-refractivity contribution >= 4 is 23.9 Å². The lowest BCUT2D eigenvalue weighted by Crippen LogP contribution is -2.58. The predicted octanol–water partition coefficient (Wildman–Crippen LogP) is 2.08. The third kappa shape index (κ3) is 8.81. The molecule has 0 N–H and O–H groups in total. The molecule has 1 fully saturated rings. The van der Waals surface area contributed by atoms with Crippen LogP contribution in [0.1, 0.15) is 66.2 Å². The van der Waals surface area contributed by atoms with Gasteiger partial charge in [0.1, 0.15) is 12.7 Å². The molecule has 1 aliphatic heterocycles. The van der Waals surface area contributed by atoms with Gasteiger partial charge >= 0.3 is 23.9 Å². The fraction of sp³-hybridized carbons (Fsp3) is 0.800. The van der Waals surface area contributed by atoms with Crippen molar-refractivity contribution in [2.24, 2.45) is 0 Å². The second kappa shape index (κ2) is 13.1. The largest absolute Gasteiger partial charge is 0.463 e. The van der Waals surface area contributed by atoms with Gasteiger partial charge in [-0.2, -0.15) is 0 Å². The van der Waals surface area contributed by atoms with Gasteiger partial charge in [-0.3, -0.25) is 19.2 Å². The molecule has 1 aliphatic rings. The molecule has 0 spiro atoms. The first-order valence-corrected chi connectivity index (χ1v) is 10.2. The SMILES string of the molecule is CCCC(=O)OC1COC(COC(C)=O)C(OC(=O)CCC)C1OC(=O)CCC. The number of ether oxygens (including phenoxy) is 5. The molecule has 0 aliphatic carbocycles. The van der Waals surface area contributed by atoms with Crippen LogP contribution in [0.3, 0.4) is 0 Å². The van der Waals surface area contributed by atoms with E-state index in [1.165, 1.54) is 6.92 Å². The fourth-order valence-electron chi connectivity index (χ4n) is 2.82. The Hall–Kier alpha value is -2.16. The summed E-state index contributed by atoms with van der Waals surface area (Å²) in [7, 11) is 0. The molecule has 0 aromatic rings. The predicted molar refractivity (Wildman–Crippen MR) is 101 cm³/mol. The Morgan fingerprint density at radius 2 is 1.28 bits per heavy atom. The van der Waals surface area contributed by atoms with Crippen LogP contribution >= 0.6 is 0 Å². The summed E-state index contributed by atoms with van der Waals surface area (Å²) >= 11 is 0. The Morgan fingerprint density at radius 1 is 0.793 bits per heavy atom. The van der Waals surface area contributed by atoms with Crippen molar-refractivity contribution in [3.05, 3.63) is 0 Å². The van der Waals surface area contributed by atoms with Crippen molar-refractivity contribution in [2.75, 3.05) is 13.2 Å². The second-order valence-corrected chi connectivity index (χ2v) is 6.86. The maximum absolute atomic E-state index is 12.2. The third-order valence-electron chi connectivity index (χ3n) is 4.16. The number of rotatable bonds is 11. The van der Waals surface area contributed by atoms with Crippen LogP contribution < -0.4 is 0 Å². The van der Waals surface area contributed by atoms with Gasteiger partial charge in [0.15, 0.2) is 18.3 Å². The standard InChI is InChI=1S/C20H32O9/c1-5-8-16(22)27-15-12-26-14(11-25-13(4)21)19(28-17(23)9-6-2)20(15)29-18(24)10-7-3/h14-15,19-20H,5-12H2,1-4H3. The Kier molecular flexibility index (Phi) is 11.3. The molecule has 9 nitrogen and oxygen atoms in total.